The van der Waals surface area contributed by atoms with Crippen LogP contribution in [0.5, 0.6) is 0 Å². The number of anilines is 1. The van der Waals surface area contributed by atoms with E-state index in [-0.39, 0.29) is 0 Å². The van der Waals surface area contributed by atoms with Crippen LogP contribution in [0.15, 0.2) is 57.2 Å². The number of nitrogens with zero attached hydrogens (tertiary/aromatic N) is 3. The van der Waals surface area contributed by atoms with Crippen LogP contribution in [0.1, 0.15) is 17.7 Å². The number of sulfonamides is 1. The molecule has 4 rings (SSSR count). The fourth-order valence-corrected chi connectivity index (χ4v) is 5.68. The van der Waals surface area contributed by atoms with Crippen molar-refractivity contribution in [1.29, 1.82) is 0 Å². The summed E-state index contributed by atoms with van der Waals surface area (Å²) in [6.07, 6.45) is 3.59. The molecule has 0 bridgehead atoms. The number of hydrogen-bond donors (Lipinski definition) is 1. The van der Waals surface area contributed by atoms with Crippen LogP contribution in [0.25, 0.3) is 11.3 Å². The highest BCUT2D eigenvalue weighted by atomic mass is 32.2. The zero-order chi connectivity index (χ0) is 18.7. The number of thiophene rings is 1. The van der Waals surface area contributed by atoms with Gasteiger partial charge in [-0.1, -0.05) is 18.2 Å². The van der Waals surface area contributed by atoms with Crippen LogP contribution < -0.4 is 5.43 Å². The molecule has 6 nitrogen and oxygen atoms in total. The fraction of sp³-hybridized carbons (Fsp3) is 0.222. The lowest BCUT2D eigenvalue weighted by Crippen LogP contribution is -2.27. The molecule has 0 spiro atoms. The fourth-order valence-electron chi connectivity index (χ4n) is 2.87. The molecule has 3 heterocycles. The van der Waals surface area contributed by atoms with Gasteiger partial charge >= 0.3 is 0 Å². The molecule has 1 aliphatic heterocycles. The van der Waals surface area contributed by atoms with Crippen LogP contribution in [-0.2, 0) is 10.0 Å². The third-order valence-corrected chi connectivity index (χ3v) is 7.68. The van der Waals surface area contributed by atoms with Crippen LogP contribution in [-0.4, -0.2) is 37.0 Å². The Labute approximate surface area is 166 Å². The smallest absolute Gasteiger partial charge is 0.243 e. The molecule has 9 heteroatoms. The Balaban J connectivity index is 1.51. The van der Waals surface area contributed by atoms with Crippen molar-refractivity contribution in [3.63, 3.8) is 0 Å². The molecular formula is C18H18N4O2S3. The molecule has 2 aromatic heterocycles. The molecule has 1 aromatic carbocycles. The molecule has 1 saturated heterocycles. The molecule has 1 fully saturated rings. The number of benzene rings is 1. The van der Waals surface area contributed by atoms with E-state index in [1.54, 1.807) is 40.1 Å². The van der Waals surface area contributed by atoms with Gasteiger partial charge in [0.05, 0.1) is 16.8 Å². The molecule has 0 saturated carbocycles. The number of rotatable bonds is 6. The monoisotopic (exact) mass is 418 g/mol. The van der Waals surface area contributed by atoms with Gasteiger partial charge in [-0.3, -0.25) is 5.43 Å². The van der Waals surface area contributed by atoms with E-state index < -0.39 is 10.0 Å². The standard InChI is InChI=1S/C18H18N4O2S3/c23-27(24,22-8-1-2-9-22)16-7-3-5-14(11-16)17-13-26-18(20-17)21-19-12-15-6-4-10-25-15/h3-7,10-13H,1-2,8-9H2,(H,20,21). The first-order valence-electron chi connectivity index (χ1n) is 8.52. The molecule has 140 valence electrons. The lowest BCUT2D eigenvalue weighted by atomic mass is 10.2. The third kappa shape index (κ3) is 4.11. The maximum Gasteiger partial charge on any atom is 0.243 e. The molecular weight excluding hydrogens is 400 g/mol. The first kappa shape index (κ1) is 18.3. The minimum absolute atomic E-state index is 0.320. The van der Waals surface area contributed by atoms with Crippen molar-refractivity contribution in [2.24, 2.45) is 5.10 Å². The van der Waals surface area contributed by atoms with Gasteiger partial charge in [-0.05, 0) is 36.4 Å². The number of nitrogens with one attached hydrogen (secondary N) is 1. The van der Waals surface area contributed by atoms with Gasteiger partial charge in [-0.25, -0.2) is 13.4 Å². The van der Waals surface area contributed by atoms with Crippen molar-refractivity contribution >= 4 is 44.0 Å². The minimum atomic E-state index is -3.43. The molecule has 0 unspecified atom stereocenters. The molecule has 1 N–H and O–H groups in total. The summed E-state index contributed by atoms with van der Waals surface area (Å²) in [7, 11) is -3.43. The average Bonchev–Trinajstić information content (AvgIpc) is 3.44. The highest BCUT2D eigenvalue weighted by Gasteiger charge is 2.27. The van der Waals surface area contributed by atoms with E-state index in [9.17, 15) is 8.42 Å². The first-order valence-corrected chi connectivity index (χ1v) is 11.7. The normalized spacial score (nSPS) is 15.6. The lowest BCUT2D eigenvalue weighted by Gasteiger charge is -2.15. The number of hydrazone groups is 1. The van der Waals surface area contributed by atoms with E-state index in [1.807, 2.05) is 29.0 Å². The highest BCUT2D eigenvalue weighted by Crippen LogP contribution is 2.28. The van der Waals surface area contributed by atoms with Crippen LogP contribution in [0.2, 0.25) is 0 Å². The molecule has 0 radical (unpaired) electrons. The Morgan fingerprint density at radius 3 is 2.78 bits per heavy atom. The van der Waals surface area contributed by atoms with Gasteiger partial charge in [-0.15, -0.1) is 22.7 Å². The third-order valence-electron chi connectivity index (χ3n) is 4.23. The van der Waals surface area contributed by atoms with Crippen molar-refractivity contribution in [2.75, 3.05) is 18.5 Å². The summed E-state index contributed by atoms with van der Waals surface area (Å²) >= 11 is 3.03. The zero-order valence-electron chi connectivity index (χ0n) is 14.4. The van der Waals surface area contributed by atoms with Gasteiger partial charge in [-0.2, -0.15) is 9.41 Å². The van der Waals surface area contributed by atoms with Gasteiger partial charge in [0.2, 0.25) is 15.2 Å². The largest absolute Gasteiger partial charge is 0.253 e. The summed E-state index contributed by atoms with van der Waals surface area (Å²) in [5, 5.41) is 8.72. The van der Waals surface area contributed by atoms with Crippen LogP contribution in [0.4, 0.5) is 5.13 Å². The highest BCUT2D eigenvalue weighted by molar-refractivity contribution is 7.89. The number of aromatic nitrogens is 1. The molecule has 27 heavy (non-hydrogen) atoms. The van der Waals surface area contributed by atoms with Crippen LogP contribution >= 0.6 is 22.7 Å². The lowest BCUT2D eigenvalue weighted by molar-refractivity contribution is 0.477. The molecule has 1 aliphatic rings. The van der Waals surface area contributed by atoms with E-state index in [0.717, 1.165) is 29.0 Å². The second-order valence-electron chi connectivity index (χ2n) is 6.06. The van der Waals surface area contributed by atoms with E-state index in [1.165, 1.54) is 11.3 Å². The van der Waals surface area contributed by atoms with E-state index in [2.05, 4.69) is 15.5 Å². The predicted molar refractivity (Wildman–Crippen MR) is 111 cm³/mol. The molecule has 0 amide bonds. The Morgan fingerprint density at radius 1 is 1.15 bits per heavy atom. The summed E-state index contributed by atoms with van der Waals surface area (Å²) < 4.78 is 27.1. The van der Waals surface area contributed by atoms with Crippen molar-refractivity contribution in [2.45, 2.75) is 17.7 Å². The zero-order valence-corrected chi connectivity index (χ0v) is 16.9. The van der Waals surface area contributed by atoms with E-state index in [4.69, 9.17) is 0 Å². The molecule has 3 aromatic rings. The Morgan fingerprint density at radius 2 is 2.00 bits per heavy atom. The maximum absolute atomic E-state index is 12.8. The Bertz CT molecular complexity index is 1040. The maximum atomic E-state index is 12.8. The topological polar surface area (TPSA) is 74.7 Å². The van der Waals surface area contributed by atoms with Gasteiger partial charge in [0, 0.05) is 28.9 Å². The summed E-state index contributed by atoms with van der Waals surface area (Å²) in [5.74, 6) is 0. The van der Waals surface area contributed by atoms with Crippen molar-refractivity contribution in [1.82, 2.24) is 9.29 Å². The number of thiazole rings is 1. The van der Waals surface area contributed by atoms with Crippen LogP contribution in [0.3, 0.4) is 0 Å². The van der Waals surface area contributed by atoms with Crippen molar-refractivity contribution < 1.29 is 8.42 Å². The van der Waals surface area contributed by atoms with E-state index in [0.29, 0.717) is 23.1 Å². The number of hydrogen-bond acceptors (Lipinski definition) is 7. The second-order valence-corrected chi connectivity index (χ2v) is 9.84. The van der Waals surface area contributed by atoms with Gasteiger partial charge < -0.3 is 0 Å². The Kier molecular flexibility index (Phi) is 5.35. The van der Waals surface area contributed by atoms with E-state index >= 15 is 0 Å². The van der Waals surface area contributed by atoms with Crippen LogP contribution in [0, 0.1) is 0 Å². The molecule has 0 aliphatic carbocycles. The summed E-state index contributed by atoms with van der Waals surface area (Å²) in [6, 6.07) is 10.9. The van der Waals surface area contributed by atoms with Gasteiger partial charge in [0.15, 0.2) is 0 Å². The minimum Gasteiger partial charge on any atom is -0.253 e. The predicted octanol–water partition coefficient (Wildman–Crippen LogP) is 4.10. The Hall–Kier alpha value is -2.07. The summed E-state index contributed by atoms with van der Waals surface area (Å²) in [4.78, 5) is 5.88. The summed E-state index contributed by atoms with van der Waals surface area (Å²) in [6.45, 7) is 1.19. The average molecular weight is 419 g/mol. The van der Waals surface area contributed by atoms with Crippen molar-refractivity contribution in [3.8, 4) is 11.3 Å². The van der Waals surface area contributed by atoms with Crippen molar-refractivity contribution in [3.05, 3.63) is 52.0 Å². The quantitative estimate of drug-likeness (QED) is 0.483. The van der Waals surface area contributed by atoms with Gasteiger partial charge in [0.1, 0.15) is 0 Å². The second kappa shape index (κ2) is 7.89. The first-order chi connectivity index (χ1) is 13.1. The summed E-state index contributed by atoms with van der Waals surface area (Å²) in [5.41, 5.74) is 4.43. The molecule has 0 atom stereocenters. The van der Waals surface area contributed by atoms with Gasteiger partial charge in [0.25, 0.3) is 0 Å². The SMILES string of the molecule is O=S(=O)(c1cccc(-c2csc(NN=Cc3cccs3)n2)c1)N1CCCC1.